The lowest BCUT2D eigenvalue weighted by Gasteiger charge is -2.21. The molecule has 3 heteroatoms. The van der Waals surface area contributed by atoms with E-state index < -0.39 is 0 Å². The van der Waals surface area contributed by atoms with Crippen LogP contribution in [0.4, 0.5) is 4.39 Å². The molecule has 1 aliphatic rings. The van der Waals surface area contributed by atoms with Crippen LogP contribution in [0.1, 0.15) is 37.4 Å². The molecule has 0 heterocycles. The number of allylic oxidation sites excluding steroid dienone is 1. The number of ketones is 2. The largest absolute Gasteiger partial charge is 0.289 e. The van der Waals surface area contributed by atoms with Crippen molar-refractivity contribution >= 4 is 17.1 Å². The molecule has 0 saturated heterocycles. The van der Waals surface area contributed by atoms with Crippen LogP contribution in [0, 0.1) is 5.82 Å². The van der Waals surface area contributed by atoms with Crippen LogP contribution in [-0.2, 0) is 0 Å². The zero-order chi connectivity index (χ0) is 17.4. The van der Waals surface area contributed by atoms with Crippen LogP contribution in [0.5, 0.6) is 0 Å². The highest BCUT2D eigenvalue weighted by molar-refractivity contribution is 6.21. The lowest BCUT2D eigenvalue weighted by molar-refractivity contribution is 0.103. The molecule has 0 atom stereocenters. The second-order valence-electron chi connectivity index (χ2n) is 5.85. The fraction of sp³-hybridized carbons (Fsp3) is 0. The van der Waals surface area contributed by atoms with Gasteiger partial charge in [0.2, 0.25) is 0 Å². The molecule has 2 nitrogen and oxygen atoms in total. The highest BCUT2D eigenvalue weighted by atomic mass is 19.1. The summed E-state index contributed by atoms with van der Waals surface area (Å²) in [5.41, 5.74) is 3.75. The summed E-state index contributed by atoms with van der Waals surface area (Å²) in [7, 11) is 0. The van der Waals surface area contributed by atoms with Crippen molar-refractivity contribution in [1.82, 2.24) is 0 Å². The van der Waals surface area contributed by atoms with Gasteiger partial charge in [0.05, 0.1) is 0 Å². The first-order chi connectivity index (χ1) is 12.1. The van der Waals surface area contributed by atoms with Crippen molar-refractivity contribution in [3.63, 3.8) is 0 Å². The Balaban J connectivity index is 1.89. The fourth-order valence-corrected chi connectivity index (χ4v) is 3.11. The van der Waals surface area contributed by atoms with Crippen LogP contribution in [0.3, 0.4) is 0 Å². The molecule has 1 aliphatic carbocycles. The topological polar surface area (TPSA) is 34.1 Å². The van der Waals surface area contributed by atoms with Gasteiger partial charge in [0, 0.05) is 16.7 Å². The number of benzene rings is 3. The van der Waals surface area contributed by atoms with Crippen LogP contribution in [-0.4, -0.2) is 11.6 Å². The fourth-order valence-electron chi connectivity index (χ4n) is 3.11. The van der Waals surface area contributed by atoms with Gasteiger partial charge in [0.15, 0.2) is 11.6 Å². The van der Waals surface area contributed by atoms with Crippen molar-refractivity contribution in [2.75, 3.05) is 0 Å². The van der Waals surface area contributed by atoms with E-state index in [0.717, 1.165) is 11.1 Å². The summed E-state index contributed by atoms with van der Waals surface area (Å²) >= 11 is 0. The standard InChI is InChI=1S/C22H13FO2/c23-15-11-9-14(10-12-15)21(24)13-20-16-5-1-3-7-18(16)22(25)19-8-4-2-6-17(19)20/h1-13H. The van der Waals surface area contributed by atoms with E-state index >= 15 is 0 Å². The summed E-state index contributed by atoms with van der Waals surface area (Å²) in [6.45, 7) is 0. The minimum absolute atomic E-state index is 0.0439. The molecule has 0 amide bonds. The average Bonchev–Trinajstić information content (AvgIpc) is 2.65. The van der Waals surface area contributed by atoms with E-state index in [0.29, 0.717) is 22.3 Å². The molecular weight excluding hydrogens is 315 g/mol. The van der Waals surface area contributed by atoms with E-state index in [9.17, 15) is 14.0 Å². The van der Waals surface area contributed by atoms with Gasteiger partial charge in [0.25, 0.3) is 0 Å². The van der Waals surface area contributed by atoms with Gasteiger partial charge in [-0.1, -0.05) is 48.5 Å². The quantitative estimate of drug-likeness (QED) is 0.395. The van der Waals surface area contributed by atoms with Gasteiger partial charge < -0.3 is 0 Å². The first-order valence-corrected chi connectivity index (χ1v) is 7.90. The monoisotopic (exact) mass is 328 g/mol. The molecule has 0 saturated carbocycles. The van der Waals surface area contributed by atoms with Crippen LogP contribution in [0.15, 0.2) is 78.9 Å². The van der Waals surface area contributed by atoms with E-state index in [4.69, 9.17) is 0 Å². The number of rotatable bonds is 2. The number of hydrogen-bond acceptors (Lipinski definition) is 2. The zero-order valence-corrected chi connectivity index (χ0v) is 13.2. The van der Waals surface area contributed by atoms with E-state index in [2.05, 4.69) is 0 Å². The van der Waals surface area contributed by atoms with Gasteiger partial charge in [-0.2, -0.15) is 0 Å². The lowest BCUT2D eigenvalue weighted by Crippen LogP contribution is -2.15. The summed E-state index contributed by atoms with van der Waals surface area (Å²) in [4.78, 5) is 25.3. The summed E-state index contributed by atoms with van der Waals surface area (Å²) in [6.07, 6.45) is 1.53. The second-order valence-corrected chi connectivity index (χ2v) is 5.85. The van der Waals surface area contributed by atoms with Gasteiger partial charge >= 0.3 is 0 Å². The van der Waals surface area contributed by atoms with E-state index in [1.54, 1.807) is 12.1 Å². The molecule has 0 aliphatic heterocycles. The van der Waals surface area contributed by atoms with Crippen LogP contribution < -0.4 is 0 Å². The second kappa shape index (κ2) is 5.95. The third-order valence-electron chi connectivity index (χ3n) is 4.33. The first kappa shape index (κ1) is 15.2. The van der Waals surface area contributed by atoms with Gasteiger partial charge in [-0.25, -0.2) is 4.39 Å². The van der Waals surface area contributed by atoms with Gasteiger partial charge in [-0.05, 0) is 47.0 Å². The van der Waals surface area contributed by atoms with Crippen molar-refractivity contribution in [2.45, 2.75) is 0 Å². The van der Waals surface area contributed by atoms with Crippen LogP contribution in [0.25, 0.3) is 5.57 Å². The molecule has 120 valence electrons. The highest BCUT2D eigenvalue weighted by Crippen LogP contribution is 2.35. The van der Waals surface area contributed by atoms with Crippen molar-refractivity contribution < 1.29 is 14.0 Å². The number of hydrogen-bond donors (Lipinski definition) is 0. The molecule has 3 aromatic carbocycles. The minimum atomic E-state index is -0.386. The smallest absolute Gasteiger partial charge is 0.194 e. The van der Waals surface area contributed by atoms with Crippen molar-refractivity contribution in [2.24, 2.45) is 0 Å². The predicted octanol–water partition coefficient (Wildman–Crippen LogP) is 4.68. The lowest BCUT2D eigenvalue weighted by atomic mass is 9.81. The van der Waals surface area contributed by atoms with Crippen molar-refractivity contribution in [3.8, 4) is 0 Å². The highest BCUT2D eigenvalue weighted by Gasteiger charge is 2.26. The Hall–Kier alpha value is -3.33. The molecular formula is C22H13FO2. The molecule has 0 unspecified atom stereocenters. The van der Waals surface area contributed by atoms with Gasteiger partial charge in [0.1, 0.15) is 5.82 Å². The Kier molecular flexibility index (Phi) is 3.62. The average molecular weight is 328 g/mol. The Labute approximate surface area is 144 Å². The number of carbonyl (C=O) groups is 2. The minimum Gasteiger partial charge on any atom is -0.289 e. The molecule has 0 spiro atoms. The summed E-state index contributed by atoms with van der Waals surface area (Å²) in [6, 6.07) is 20.0. The van der Waals surface area contributed by atoms with E-state index in [1.165, 1.54) is 30.3 Å². The third-order valence-corrected chi connectivity index (χ3v) is 4.33. The first-order valence-electron chi connectivity index (χ1n) is 7.90. The number of halogens is 1. The maximum absolute atomic E-state index is 13.1. The molecule has 0 radical (unpaired) electrons. The Morgan fingerprint density at radius 1 is 0.720 bits per heavy atom. The summed E-state index contributed by atoms with van der Waals surface area (Å²) in [5.74, 6) is -0.658. The molecule has 0 bridgehead atoms. The predicted molar refractivity (Wildman–Crippen MR) is 94.1 cm³/mol. The number of fused-ring (bicyclic) bond motifs is 2. The zero-order valence-electron chi connectivity index (χ0n) is 13.2. The van der Waals surface area contributed by atoms with Crippen LogP contribution >= 0.6 is 0 Å². The molecule has 25 heavy (non-hydrogen) atoms. The van der Waals surface area contributed by atoms with Gasteiger partial charge in [-0.3, -0.25) is 9.59 Å². The molecule has 3 aromatic rings. The summed E-state index contributed by atoms with van der Waals surface area (Å²) in [5, 5.41) is 0. The van der Waals surface area contributed by atoms with E-state index in [-0.39, 0.29) is 17.4 Å². The Morgan fingerprint density at radius 2 is 1.20 bits per heavy atom. The SMILES string of the molecule is O=C(C=C1c2ccccc2C(=O)c2ccccc21)c1ccc(F)cc1. The van der Waals surface area contributed by atoms with Crippen molar-refractivity contribution in [1.29, 1.82) is 0 Å². The molecule has 0 fully saturated rings. The summed E-state index contributed by atoms with van der Waals surface area (Å²) < 4.78 is 13.1. The number of carbonyl (C=O) groups excluding carboxylic acids is 2. The maximum atomic E-state index is 13.1. The molecule has 0 N–H and O–H groups in total. The maximum Gasteiger partial charge on any atom is 0.194 e. The molecule has 0 aromatic heterocycles. The van der Waals surface area contributed by atoms with Crippen molar-refractivity contribution in [3.05, 3.63) is 113 Å². The Morgan fingerprint density at radius 3 is 1.72 bits per heavy atom. The van der Waals surface area contributed by atoms with Crippen LogP contribution in [0.2, 0.25) is 0 Å². The third kappa shape index (κ3) is 2.60. The van der Waals surface area contributed by atoms with Gasteiger partial charge in [-0.15, -0.1) is 0 Å². The van der Waals surface area contributed by atoms with E-state index in [1.807, 2.05) is 36.4 Å². The molecule has 4 rings (SSSR count). The Bertz CT molecular complexity index is 978. The normalized spacial score (nSPS) is 12.4.